The summed E-state index contributed by atoms with van der Waals surface area (Å²) in [7, 11) is 4.47. The summed E-state index contributed by atoms with van der Waals surface area (Å²) in [4.78, 5) is 0. The monoisotopic (exact) mass is 173 g/mol. The third-order valence-corrected chi connectivity index (χ3v) is 5.15. The van der Waals surface area contributed by atoms with Gasteiger partial charge < -0.3 is 4.57 Å². The van der Waals surface area contributed by atoms with Crippen molar-refractivity contribution in [2.45, 2.75) is 39.2 Å². The molecule has 0 aromatic rings. The lowest BCUT2D eigenvalue weighted by Gasteiger charge is -2.23. The molecule has 0 aliphatic rings. The molecule has 0 aromatic heterocycles. The molecule has 68 valence electrons. The van der Waals surface area contributed by atoms with Crippen molar-refractivity contribution in [3.05, 3.63) is 0 Å². The average Bonchev–Trinajstić information content (AvgIpc) is 1.98. The van der Waals surface area contributed by atoms with E-state index in [-0.39, 0.29) is 9.68 Å². The Balaban J connectivity index is 3.74. The molecule has 0 radical (unpaired) electrons. The van der Waals surface area contributed by atoms with Crippen LogP contribution in [0.15, 0.2) is 0 Å². The quantitative estimate of drug-likeness (QED) is 0.574. The molecule has 1 nitrogen and oxygen atoms in total. The first-order chi connectivity index (χ1) is 5.11. The van der Waals surface area contributed by atoms with E-state index in [4.69, 9.17) is 0 Å². The minimum Gasteiger partial charge on any atom is -0.334 e. The van der Waals surface area contributed by atoms with Crippen LogP contribution in [0.4, 0.5) is 0 Å². The summed E-state index contributed by atoms with van der Waals surface area (Å²) in [5.41, 5.74) is 1.02. The van der Waals surface area contributed by atoms with Gasteiger partial charge in [0.15, 0.2) is 0 Å². The van der Waals surface area contributed by atoms with Crippen LogP contribution in [-0.2, 0) is 0 Å². The Morgan fingerprint density at radius 1 is 1.18 bits per heavy atom. The van der Waals surface area contributed by atoms with Gasteiger partial charge in [-0.15, -0.1) is 0 Å². The Hall–Kier alpha value is 0.177. The second-order valence-corrected chi connectivity index (χ2v) is 6.49. The van der Waals surface area contributed by atoms with Gasteiger partial charge in [-0.1, -0.05) is 33.6 Å². The van der Waals surface area contributed by atoms with Gasteiger partial charge in [0.2, 0.25) is 0 Å². The maximum atomic E-state index is 2.43. The third kappa shape index (κ3) is 4.59. The molecule has 0 spiro atoms. The lowest BCUT2D eigenvalue weighted by Crippen LogP contribution is -2.25. The van der Waals surface area contributed by atoms with E-state index in [0.717, 1.165) is 11.5 Å². The predicted octanol–water partition coefficient (Wildman–Crippen LogP) is 1.88. The summed E-state index contributed by atoms with van der Waals surface area (Å²) in [6.07, 6.45) is 2.72. The van der Waals surface area contributed by atoms with Gasteiger partial charge in [-0.3, -0.25) is 0 Å². The van der Waals surface area contributed by atoms with Crippen molar-refractivity contribution in [3.63, 3.8) is 0 Å². The van der Waals surface area contributed by atoms with E-state index in [1.54, 1.807) is 0 Å². The minimum atomic E-state index is 0.0349. The number of hydrogen-bond donors (Lipinski definition) is 0. The van der Waals surface area contributed by atoms with Crippen LogP contribution < -0.4 is 0 Å². The van der Waals surface area contributed by atoms with E-state index < -0.39 is 0 Å². The molecule has 0 amide bonds. The Morgan fingerprint density at radius 2 is 1.73 bits per heavy atom. The van der Waals surface area contributed by atoms with Crippen LogP contribution in [0.2, 0.25) is 5.54 Å². The SMILES string of the molecule is CCC(C)C(CC)[SiH2]N(C)C. The molecule has 0 heterocycles. The molecule has 2 heteroatoms. The van der Waals surface area contributed by atoms with Gasteiger partial charge in [-0.05, 0) is 25.6 Å². The summed E-state index contributed by atoms with van der Waals surface area (Å²) in [6, 6.07) is 0. The van der Waals surface area contributed by atoms with Crippen LogP contribution in [0, 0.1) is 5.92 Å². The molecule has 0 saturated carbocycles. The molecular formula is C9H23NSi. The summed E-state index contributed by atoms with van der Waals surface area (Å²) in [5, 5.41) is 0. The topological polar surface area (TPSA) is 3.24 Å². The molecule has 0 fully saturated rings. The lowest BCUT2D eigenvalue weighted by atomic mass is 10.0. The van der Waals surface area contributed by atoms with E-state index in [9.17, 15) is 0 Å². The number of nitrogens with zero attached hydrogens (tertiary/aromatic N) is 1. The summed E-state index contributed by atoms with van der Waals surface area (Å²) < 4.78 is 2.43. The first-order valence-electron chi connectivity index (χ1n) is 4.76. The Morgan fingerprint density at radius 3 is 2.00 bits per heavy atom. The minimum absolute atomic E-state index is 0.0349. The average molecular weight is 173 g/mol. The van der Waals surface area contributed by atoms with Gasteiger partial charge in [0.25, 0.3) is 0 Å². The standard InChI is InChI=1S/C9H23NSi/c1-6-8(3)9(7-2)11-10(4)5/h8-9H,6-7,11H2,1-5H3. The van der Waals surface area contributed by atoms with Crippen LogP contribution in [-0.4, -0.2) is 28.3 Å². The molecular weight excluding hydrogens is 150 g/mol. The highest BCUT2D eigenvalue weighted by atomic mass is 28.2. The van der Waals surface area contributed by atoms with Gasteiger partial charge in [0.1, 0.15) is 0 Å². The molecule has 2 atom stereocenters. The summed E-state index contributed by atoms with van der Waals surface area (Å²) >= 11 is 0. The summed E-state index contributed by atoms with van der Waals surface area (Å²) in [6.45, 7) is 7.02. The Labute approximate surface area is 74.1 Å². The highest BCUT2D eigenvalue weighted by Crippen LogP contribution is 2.23. The van der Waals surface area contributed by atoms with Gasteiger partial charge in [-0.2, -0.15) is 0 Å². The first kappa shape index (κ1) is 11.2. The van der Waals surface area contributed by atoms with Gasteiger partial charge in [0, 0.05) is 0 Å². The molecule has 0 aromatic carbocycles. The van der Waals surface area contributed by atoms with Crippen molar-refractivity contribution in [2.24, 2.45) is 5.92 Å². The zero-order valence-electron chi connectivity index (χ0n) is 8.72. The molecule has 2 unspecified atom stereocenters. The molecule has 0 N–H and O–H groups in total. The molecule has 0 saturated heterocycles. The smallest absolute Gasteiger partial charge is 0.0976 e. The fourth-order valence-corrected chi connectivity index (χ4v) is 3.40. The maximum Gasteiger partial charge on any atom is 0.0976 e. The predicted molar refractivity (Wildman–Crippen MR) is 55.7 cm³/mol. The molecule has 0 aliphatic carbocycles. The fraction of sp³-hybridized carbons (Fsp3) is 1.00. The van der Waals surface area contributed by atoms with Crippen molar-refractivity contribution >= 4 is 9.68 Å². The maximum absolute atomic E-state index is 2.43. The molecule has 0 aliphatic heterocycles. The van der Waals surface area contributed by atoms with E-state index >= 15 is 0 Å². The van der Waals surface area contributed by atoms with Crippen molar-refractivity contribution in [1.29, 1.82) is 0 Å². The van der Waals surface area contributed by atoms with Crippen molar-refractivity contribution in [2.75, 3.05) is 14.1 Å². The Bertz CT molecular complexity index is 93.6. The van der Waals surface area contributed by atoms with Crippen molar-refractivity contribution in [1.82, 2.24) is 4.57 Å². The van der Waals surface area contributed by atoms with E-state index in [2.05, 4.69) is 39.4 Å². The van der Waals surface area contributed by atoms with Gasteiger partial charge in [-0.25, -0.2) is 0 Å². The highest BCUT2D eigenvalue weighted by Gasteiger charge is 2.14. The Kier molecular flexibility index (Phi) is 5.87. The molecule has 0 rings (SSSR count). The van der Waals surface area contributed by atoms with Crippen molar-refractivity contribution < 1.29 is 0 Å². The highest BCUT2D eigenvalue weighted by molar-refractivity contribution is 6.34. The zero-order chi connectivity index (χ0) is 8.85. The van der Waals surface area contributed by atoms with Gasteiger partial charge in [0.05, 0.1) is 9.68 Å². The van der Waals surface area contributed by atoms with Crippen LogP contribution in [0.5, 0.6) is 0 Å². The largest absolute Gasteiger partial charge is 0.334 e. The van der Waals surface area contributed by atoms with E-state index in [1.165, 1.54) is 12.8 Å². The van der Waals surface area contributed by atoms with E-state index in [0.29, 0.717) is 0 Å². The molecule has 11 heavy (non-hydrogen) atoms. The fourth-order valence-electron chi connectivity index (χ4n) is 1.51. The summed E-state index contributed by atoms with van der Waals surface area (Å²) in [5.74, 6) is 0.939. The zero-order valence-corrected chi connectivity index (χ0v) is 10.1. The lowest BCUT2D eigenvalue weighted by molar-refractivity contribution is 0.481. The number of hydrogen-bond acceptors (Lipinski definition) is 1. The van der Waals surface area contributed by atoms with Crippen molar-refractivity contribution in [3.8, 4) is 0 Å². The normalized spacial score (nSPS) is 18.0. The second-order valence-electron chi connectivity index (χ2n) is 3.82. The molecule has 0 bridgehead atoms. The van der Waals surface area contributed by atoms with Crippen LogP contribution in [0.3, 0.4) is 0 Å². The number of rotatable bonds is 5. The van der Waals surface area contributed by atoms with Crippen LogP contribution in [0.25, 0.3) is 0 Å². The second kappa shape index (κ2) is 5.78. The first-order valence-corrected chi connectivity index (χ1v) is 6.21. The van der Waals surface area contributed by atoms with Gasteiger partial charge >= 0.3 is 0 Å². The van der Waals surface area contributed by atoms with E-state index in [1.807, 2.05) is 0 Å². The van der Waals surface area contributed by atoms with Crippen LogP contribution in [0.1, 0.15) is 33.6 Å². The van der Waals surface area contributed by atoms with Crippen LogP contribution >= 0.6 is 0 Å². The third-order valence-electron chi connectivity index (χ3n) is 2.57.